The van der Waals surface area contributed by atoms with E-state index in [1.807, 2.05) is 53.9 Å². The maximum absolute atomic E-state index is 14.8. The molecule has 0 radical (unpaired) electrons. The number of nitrogens with one attached hydrogen (secondary N) is 2. The van der Waals surface area contributed by atoms with Gasteiger partial charge in [-0.15, -0.1) is 0 Å². The summed E-state index contributed by atoms with van der Waals surface area (Å²) in [6.07, 6.45) is 1.64. The fraction of sp³-hybridized carbons (Fsp3) is 0.391. The third-order valence-corrected chi connectivity index (χ3v) is 13.6. The second kappa shape index (κ2) is 19.6. The molecule has 1 aromatic carbocycles. The van der Waals surface area contributed by atoms with E-state index >= 15 is 0 Å². The molecule has 6 N–H and O–H groups in total. The van der Waals surface area contributed by atoms with Gasteiger partial charge in [0.05, 0.1) is 23.4 Å². The number of carbonyl (C=O) groups excluding carboxylic acids is 2. The predicted octanol–water partition coefficient (Wildman–Crippen LogP) is 8.57. The van der Waals surface area contributed by atoms with E-state index in [1.165, 1.54) is 66.7 Å². The largest absolute Gasteiger partial charge is 0.493 e. The summed E-state index contributed by atoms with van der Waals surface area (Å²) in [6, 6.07) is 17.1. The highest BCUT2D eigenvalue weighted by molar-refractivity contribution is 7.90. The minimum Gasteiger partial charge on any atom is -0.493 e. The van der Waals surface area contributed by atoms with Gasteiger partial charge in [-0.05, 0) is 119 Å². The predicted molar refractivity (Wildman–Crippen MR) is 269 cm³/mol. The molecule has 67 heavy (non-hydrogen) atoms. The fourth-order valence-electron chi connectivity index (χ4n) is 8.29. The van der Waals surface area contributed by atoms with E-state index in [0.29, 0.717) is 24.8 Å². The van der Waals surface area contributed by atoms with Crippen LogP contribution in [0.25, 0.3) is 11.3 Å². The summed E-state index contributed by atoms with van der Waals surface area (Å²) in [5.41, 5.74) is 10.7. The van der Waals surface area contributed by atoms with Crippen LogP contribution in [-0.4, -0.2) is 79.4 Å². The molecule has 7 rings (SSSR count). The summed E-state index contributed by atoms with van der Waals surface area (Å²) in [4.78, 5) is 46.7. The number of amides is 2. The number of nitrogens with two attached hydrogens (primary N) is 2. The van der Waals surface area contributed by atoms with Gasteiger partial charge >= 0.3 is 0 Å². The molecule has 2 fully saturated rings. The van der Waals surface area contributed by atoms with E-state index in [4.69, 9.17) is 37.4 Å². The molecule has 370 valence electrons. The van der Waals surface area contributed by atoms with Gasteiger partial charge in [-0.3, -0.25) is 9.59 Å². The van der Waals surface area contributed by atoms with Crippen LogP contribution in [0.3, 0.4) is 0 Å². The quantitative estimate of drug-likeness (QED) is 0.0855. The smallest absolute Gasteiger partial charge is 0.281 e. The number of benzene rings is 1. The Morgan fingerprint density at radius 3 is 1.76 bits per heavy atom. The number of carbonyl (C=O) groups is 2. The van der Waals surface area contributed by atoms with E-state index in [0.717, 1.165) is 25.0 Å². The van der Waals surface area contributed by atoms with Crippen molar-refractivity contribution >= 4 is 66.7 Å². The normalized spacial score (nSPS) is 19.8. The van der Waals surface area contributed by atoms with Crippen LogP contribution in [0.4, 0.5) is 27.7 Å². The Labute approximate surface area is 414 Å². The first-order valence-electron chi connectivity index (χ1n) is 24.3. The Hall–Kier alpha value is -6.12. The molecule has 0 unspecified atom stereocenters. The lowest BCUT2D eigenvalue weighted by Gasteiger charge is -2.34. The first-order chi connectivity index (χ1) is 34.0. The van der Waals surface area contributed by atoms with Gasteiger partial charge in [0.1, 0.15) is 40.0 Å². The van der Waals surface area contributed by atoms with Gasteiger partial charge in [0.15, 0.2) is 10.1 Å². The Balaban J connectivity index is 0.00000159. The standard InChI is InChI=1S/C28H34FN5O4S.C18H22ClN5O3S.6H2/c1-17(2)16-38-21-12-19(11-20(29)13-21)23-10-9-22(26(31-23)34-15-18(3)14-28(34,4)5)27(35)33-39(36,37)25-8-6-7-24(30)32-25;1-11-9-18(2,3)24(10-11)16-12(7-8-13(19)21-16)17(25)23-28(26,27)15-6-4-5-14(20)22-15;;;;;;/h6-13,17-18H,14-16H2,1-5H3,(H2,30,32)(H,33,35);4-8,11H,9-10H2,1-3H3,(H2,20,22)(H,23,25);6*1H/t18-;11-;;;;;;/m00....../s1/i1D3,2D3,17D;;;;;;;. The van der Waals surface area contributed by atoms with Gasteiger partial charge in [0, 0.05) is 54.0 Å². The number of hydrogen-bond donors (Lipinski definition) is 4. The molecular weight excluding hydrogens is 923 g/mol. The van der Waals surface area contributed by atoms with Crippen LogP contribution >= 0.6 is 11.6 Å². The zero-order valence-electron chi connectivity index (χ0n) is 44.5. The van der Waals surface area contributed by atoms with Crippen molar-refractivity contribution in [1.82, 2.24) is 29.4 Å². The molecule has 0 bridgehead atoms. The van der Waals surface area contributed by atoms with Crippen molar-refractivity contribution in [3.8, 4) is 17.0 Å². The zero-order valence-corrected chi connectivity index (χ0v) is 39.9. The van der Waals surface area contributed by atoms with Gasteiger partial charge in [0.25, 0.3) is 31.9 Å². The third kappa shape index (κ3) is 12.1. The number of nitrogen functional groups attached to an aromatic ring is 2. The van der Waals surface area contributed by atoms with Crippen LogP contribution in [0, 0.1) is 23.5 Å². The van der Waals surface area contributed by atoms with Crippen LogP contribution in [0.1, 0.15) is 107 Å². The van der Waals surface area contributed by atoms with Gasteiger partial charge < -0.3 is 26.0 Å². The Kier molecular flexibility index (Phi) is 12.0. The van der Waals surface area contributed by atoms with Gasteiger partial charge in [-0.2, -0.15) is 16.8 Å². The van der Waals surface area contributed by atoms with E-state index in [9.17, 15) is 30.8 Å². The van der Waals surface area contributed by atoms with Crippen LogP contribution in [-0.2, 0) is 20.0 Å². The number of anilines is 4. The van der Waals surface area contributed by atoms with Crippen LogP contribution in [0.5, 0.6) is 5.75 Å². The van der Waals surface area contributed by atoms with Crippen LogP contribution in [0.15, 0.2) is 88.9 Å². The lowest BCUT2D eigenvalue weighted by Crippen LogP contribution is -2.41. The summed E-state index contributed by atoms with van der Waals surface area (Å²) in [5.74, 6) is -4.82. The van der Waals surface area contributed by atoms with Crippen LogP contribution < -0.4 is 35.4 Å². The first-order valence-corrected chi connectivity index (χ1v) is 24.1. The average molecular weight is 999 g/mol. The van der Waals surface area contributed by atoms with E-state index in [2.05, 4.69) is 26.9 Å². The molecule has 0 spiro atoms. The summed E-state index contributed by atoms with van der Waals surface area (Å²) in [7, 11) is -8.61. The summed E-state index contributed by atoms with van der Waals surface area (Å²) < 4.78 is 129. The van der Waals surface area contributed by atoms with Crippen molar-refractivity contribution < 1.29 is 53.7 Å². The van der Waals surface area contributed by atoms with E-state index < -0.39 is 74.4 Å². The number of rotatable bonds is 12. The van der Waals surface area contributed by atoms with Crippen molar-refractivity contribution in [3.63, 3.8) is 0 Å². The highest BCUT2D eigenvalue weighted by Gasteiger charge is 2.41. The third-order valence-electron chi connectivity index (χ3n) is 10.9. The molecule has 2 atom stereocenters. The minimum absolute atomic E-state index is 0. The highest BCUT2D eigenvalue weighted by Crippen LogP contribution is 2.40. The lowest BCUT2D eigenvalue weighted by molar-refractivity contribution is 0.0972. The average Bonchev–Trinajstić information content (AvgIpc) is 3.73. The highest BCUT2D eigenvalue weighted by atomic mass is 35.5. The Morgan fingerprint density at radius 1 is 0.806 bits per heavy atom. The number of halogens is 2. The molecule has 0 aliphatic carbocycles. The molecule has 2 amide bonds. The van der Waals surface area contributed by atoms with E-state index in [-0.39, 0.29) is 75.8 Å². The number of nitrogens with zero attached hydrogens (tertiary/aromatic N) is 6. The Bertz CT molecular complexity index is 3200. The number of ether oxygens (including phenoxy) is 1. The van der Waals surface area contributed by atoms with Gasteiger partial charge in [-0.1, -0.05) is 51.3 Å². The topological polar surface area (TPSA) is 246 Å². The molecule has 0 saturated carbocycles. The molecular formula is C46H68ClFN10O7S2. The molecule has 5 aromatic rings. The zero-order chi connectivity index (χ0) is 55.1. The molecule has 6 heterocycles. The molecule has 17 nitrogen and oxygen atoms in total. The second-order valence-corrected chi connectivity index (χ2v) is 21.3. The SMILES string of the molecule is C[C@@H]1CN(c2nc(Cl)ccc2C(=O)NS(=O)(=O)c2cccc(N)n2)C(C)(C)C1.[2H]C([2H])([2H])C([2H])(COc1cc(F)cc(-c2ccc(C(=O)NS(=O)(=O)c3cccc(N)n3)c(N3C[C@@H](C)CC3(C)C)n2)c1)C([2H])([2H])[2H].[HH].[HH].[HH].[HH].[HH].[HH]. The number of pyridine rings is 4. The van der Waals surface area contributed by atoms with Crippen molar-refractivity contribution in [2.45, 2.75) is 89.2 Å². The van der Waals surface area contributed by atoms with Gasteiger partial charge in [0.2, 0.25) is 0 Å². The maximum atomic E-state index is 14.8. The van der Waals surface area contributed by atoms with Crippen molar-refractivity contribution in [3.05, 3.63) is 101 Å². The van der Waals surface area contributed by atoms with Crippen LogP contribution in [0.2, 0.25) is 5.15 Å². The van der Waals surface area contributed by atoms with Crippen molar-refractivity contribution in [2.75, 3.05) is 41.0 Å². The van der Waals surface area contributed by atoms with Crippen molar-refractivity contribution in [2.24, 2.45) is 17.7 Å². The van der Waals surface area contributed by atoms with Gasteiger partial charge in [-0.25, -0.2) is 33.8 Å². The maximum Gasteiger partial charge on any atom is 0.281 e. The number of hydrogen-bond acceptors (Lipinski definition) is 15. The first kappa shape index (κ1) is 41.1. The number of aromatic nitrogens is 4. The summed E-state index contributed by atoms with van der Waals surface area (Å²) in [5, 5.41) is -0.565. The lowest BCUT2D eigenvalue weighted by atomic mass is 9.97. The molecule has 2 aliphatic heterocycles. The molecule has 2 aliphatic rings. The number of sulfonamides is 2. The fourth-order valence-corrected chi connectivity index (χ4v) is 10.3. The summed E-state index contributed by atoms with van der Waals surface area (Å²) >= 11 is 6.06. The van der Waals surface area contributed by atoms with E-state index in [1.54, 1.807) is 0 Å². The Morgan fingerprint density at radius 2 is 1.30 bits per heavy atom. The molecule has 21 heteroatoms. The summed E-state index contributed by atoms with van der Waals surface area (Å²) in [6.45, 7) is 5.71. The second-order valence-electron chi connectivity index (χ2n) is 17.7. The molecule has 2 saturated heterocycles. The minimum atomic E-state index is -4.42. The monoisotopic (exact) mass is 997 g/mol. The van der Waals surface area contributed by atoms with Crippen molar-refractivity contribution in [1.29, 1.82) is 0 Å². The molecule has 4 aromatic heterocycles.